The molecule has 2 aliphatic heterocycles. The normalized spacial score (nSPS) is 20.3. The smallest absolute Gasteiger partial charge is 0.0988 e. The van der Waals surface area contributed by atoms with Crippen LogP contribution >= 0.6 is 11.8 Å². The molecule has 2 heterocycles. The Kier molecular flexibility index (Phi) is 8.57. The van der Waals surface area contributed by atoms with E-state index in [1.165, 1.54) is 30.5 Å². The molecule has 0 aliphatic carbocycles. The van der Waals surface area contributed by atoms with Gasteiger partial charge in [-0.05, 0) is 67.7 Å². The van der Waals surface area contributed by atoms with Crippen molar-refractivity contribution >= 4 is 23.2 Å². The summed E-state index contributed by atoms with van der Waals surface area (Å²) in [5.41, 5.74) is 4.52. The summed E-state index contributed by atoms with van der Waals surface area (Å²) in [6, 6.07) is 8.96. The minimum Gasteiger partial charge on any atom is -0.381 e. The average molecular weight is 449 g/mol. The molecule has 0 aromatic heterocycles. The van der Waals surface area contributed by atoms with E-state index in [0.717, 1.165) is 47.5 Å². The second-order valence-electron chi connectivity index (χ2n) is 9.75. The number of rotatable bonds is 7. The van der Waals surface area contributed by atoms with Gasteiger partial charge in [0.05, 0.1) is 11.8 Å². The van der Waals surface area contributed by atoms with Crippen LogP contribution in [0, 0.1) is 22.7 Å². The van der Waals surface area contributed by atoms with Gasteiger partial charge in [-0.2, -0.15) is 5.26 Å². The number of aliphatic imine (C=N–C) groups is 1. The third-order valence-corrected chi connectivity index (χ3v) is 7.26. The van der Waals surface area contributed by atoms with Crippen LogP contribution in [0.4, 0.5) is 5.69 Å². The number of benzene rings is 1. The first-order chi connectivity index (χ1) is 15.3. The molecule has 0 saturated carbocycles. The maximum Gasteiger partial charge on any atom is 0.0988 e. The van der Waals surface area contributed by atoms with Crippen LogP contribution < -0.4 is 0 Å². The fraction of sp³-hybridized carbons (Fsp3) is 0.500. The molecule has 1 unspecified atom stereocenters. The van der Waals surface area contributed by atoms with Gasteiger partial charge in [0.25, 0.3) is 0 Å². The highest BCUT2D eigenvalue weighted by atomic mass is 32.2. The predicted molar refractivity (Wildman–Crippen MR) is 137 cm³/mol. The molecule has 1 atom stereocenters. The molecule has 4 heteroatoms. The molecule has 0 amide bonds. The van der Waals surface area contributed by atoms with Crippen molar-refractivity contribution < 1.29 is 4.74 Å². The van der Waals surface area contributed by atoms with E-state index in [1.54, 1.807) is 11.8 Å². The van der Waals surface area contributed by atoms with E-state index in [4.69, 9.17) is 9.73 Å². The number of nitrogens with zero attached hydrogens (tertiary/aromatic N) is 2. The van der Waals surface area contributed by atoms with Crippen molar-refractivity contribution in [3.8, 4) is 6.07 Å². The van der Waals surface area contributed by atoms with Gasteiger partial charge in [0.1, 0.15) is 0 Å². The van der Waals surface area contributed by atoms with Gasteiger partial charge in [0.2, 0.25) is 0 Å². The molecular formula is C28H36N2OS. The third-order valence-electron chi connectivity index (χ3n) is 6.25. The summed E-state index contributed by atoms with van der Waals surface area (Å²) in [6.07, 6.45) is 11.1. The first-order valence-corrected chi connectivity index (χ1v) is 12.6. The van der Waals surface area contributed by atoms with E-state index in [1.807, 2.05) is 25.2 Å². The molecule has 0 radical (unpaired) electrons. The lowest BCUT2D eigenvalue weighted by atomic mass is 9.75. The van der Waals surface area contributed by atoms with E-state index < -0.39 is 0 Å². The number of thioether (sulfide) groups is 1. The minimum absolute atomic E-state index is 0.0631. The number of hydrogen-bond donors (Lipinski definition) is 0. The van der Waals surface area contributed by atoms with Crippen LogP contribution in [-0.2, 0) is 4.74 Å². The molecule has 1 fully saturated rings. The van der Waals surface area contributed by atoms with Gasteiger partial charge in [0.15, 0.2) is 0 Å². The second kappa shape index (κ2) is 11.2. The van der Waals surface area contributed by atoms with Gasteiger partial charge in [-0.15, -0.1) is 0 Å². The largest absolute Gasteiger partial charge is 0.381 e. The second-order valence-corrected chi connectivity index (χ2v) is 10.9. The average Bonchev–Trinajstić information content (AvgIpc) is 2.78. The summed E-state index contributed by atoms with van der Waals surface area (Å²) in [7, 11) is 0. The molecule has 3 rings (SSSR count). The Hall–Kier alpha value is -2.09. The van der Waals surface area contributed by atoms with Crippen molar-refractivity contribution in [1.82, 2.24) is 0 Å². The van der Waals surface area contributed by atoms with E-state index in [9.17, 15) is 5.26 Å². The Bertz CT molecular complexity index is 953. The monoisotopic (exact) mass is 448 g/mol. The number of nitriles is 1. The third kappa shape index (κ3) is 6.47. The summed E-state index contributed by atoms with van der Waals surface area (Å²) in [5, 5.41) is 9.36. The summed E-state index contributed by atoms with van der Waals surface area (Å²) >= 11 is 1.64. The van der Waals surface area contributed by atoms with E-state index >= 15 is 0 Å². The lowest BCUT2D eigenvalue weighted by molar-refractivity contribution is 0.0618. The molecule has 1 saturated heterocycles. The Labute approximate surface area is 198 Å². The van der Waals surface area contributed by atoms with Crippen molar-refractivity contribution in [1.29, 1.82) is 5.26 Å². The lowest BCUT2D eigenvalue weighted by Crippen LogP contribution is -2.27. The SMILES string of the molecule is C=C/C(=C\C(C#N)=C/CC)Sc1ccc2c(c1)N=C(C(C)(C)C)CC2CC1CCOCC1. The fourth-order valence-corrected chi connectivity index (χ4v) is 5.26. The van der Waals surface area contributed by atoms with Crippen LogP contribution in [-0.4, -0.2) is 18.9 Å². The first-order valence-electron chi connectivity index (χ1n) is 11.8. The van der Waals surface area contributed by atoms with Crippen molar-refractivity contribution in [3.63, 3.8) is 0 Å². The van der Waals surface area contributed by atoms with Crippen LogP contribution in [0.3, 0.4) is 0 Å². The van der Waals surface area contributed by atoms with E-state index in [-0.39, 0.29) is 5.41 Å². The van der Waals surface area contributed by atoms with Gasteiger partial charge in [-0.3, -0.25) is 4.99 Å². The van der Waals surface area contributed by atoms with Gasteiger partial charge in [-0.1, -0.05) is 64.3 Å². The molecule has 0 N–H and O–H groups in total. The Morgan fingerprint density at radius 1 is 1.31 bits per heavy atom. The van der Waals surface area contributed by atoms with Crippen molar-refractivity contribution in [2.24, 2.45) is 16.3 Å². The van der Waals surface area contributed by atoms with Crippen LogP contribution in [0.25, 0.3) is 0 Å². The molecule has 32 heavy (non-hydrogen) atoms. The maximum atomic E-state index is 9.36. The topological polar surface area (TPSA) is 45.4 Å². The highest BCUT2D eigenvalue weighted by molar-refractivity contribution is 8.03. The van der Waals surface area contributed by atoms with Crippen LogP contribution in [0.1, 0.15) is 71.3 Å². The number of allylic oxidation sites excluding steroid dienone is 4. The Morgan fingerprint density at radius 2 is 2.06 bits per heavy atom. The molecular weight excluding hydrogens is 412 g/mol. The van der Waals surface area contributed by atoms with Gasteiger partial charge in [-0.25, -0.2) is 0 Å². The van der Waals surface area contributed by atoms with E-state index in [2.05, 4.69) is 51.6 Å². The molecule has 1 aromatic carbocycles. The van der Waals surface area contributed by atoms with Crippen LogP contribution in [0.2, 0.25) is 0 Å². The number of ether oxygens (including phenoxy) is 1. The summed E-state index contributed by atoms with van der Waals surface area (Å²) in [5.74, 6) is 1.26. The predicted octanol–water partition coefficient (Wildman–Crippen LogP) is 8.13. The summed E-state index contributed by atoms with van der Waals surface area (Å²) < 4.78 is 5.58. The highest BCUT2D eigenvalue weighted by Crippen LogP contribution is 2.44. The minimum atomic E-state index is 0.0631. The van der Waals surface area contributed by atoms with Crippen molar-refractivity contribution in [3.05, 3.63) is 59.0 Å². The zero-order valence-corrected chi connectivity index (χ0v) is 20.8. The Morgan fingerprint density at radius 3 is 2.69 bits per heavy atom. The fourth-order valence-electron chi connectivity index (χ4n) is 4.41. The van der Waals surface area contributed by atoms with Gasteiger partial charge < -0.3 is 4.74 Å². The van der Waals surface area contributed by atoms with Crippen molar-refractivity contribution in [2.75, 3.05) is 13.2 Å². The zero-order chi connectivity index (χ0) is 23.1. The highest BCUT2D eigenvalue weighted by Gasteiger charge is 2.31. The van der Waals surface area contributed by atoms with Gasteiger partial charge in [0, 0.05) is 39.7 Å². The molecule has 3 nitrogen and oxygen atoms in total. The summed E-state index contributed by atoms with van der Waals surface area (Å²) in [6.45, 7) is 14.6. The lowest BCUT2D eigenvalue weighted by Gasteiger charge is -2.34. The van der Waals surface area contributed by atoms with E-state index in [0.29, 0.717) is 11.5 Å². The maximum absolute atomic E-state index is 9.36. The molecule has 0 spiro atoms. The molecule has 2 aliphatic rings. The summed E-state index contributed by atoms with van der Waals surface area (Å²) in [4.78, 5) is 7.23. The van der Waals surface area contributed by atoms with Crippen LogP contribution in [0.15, 0.2) is 63.4 Å². The van der Waals surface area contributed by atoms with Crippen molar-refractivity contribution in [2.45, 2.75) is 70.6 Å². The zero-order valence-electron chi connectivity index (χ0n) is 20.0. The quantitative estimate of drug-likeness (QED) is 0.240. The number of fused-ring (bicyclic) bond motifs is 1. The first kappa shape index (κ1) is 24.6. The Balaban J connectivity index is 1.90. The van der Waals surface area contributed by atoms with Crippen LogP contribution in [0.5, 0.6) is 0 Å². The standard InChI is InChI=1S/C28H36N2OS/c1-6-8-21(19-29)16-23(7-2)32-24-9-10-25-22(15-20-11-13-31-14-12-20)17-27(28(3,4)5)30-26(25)18-24/h7-10,16,18,20,22H,2,6,11-15,17H2,1,3-5H3/b21-8+,23-16+. The molecule has 170 valence electrons. The number of hydrogen-bond acceptors (Lipinski definition) is 4. The molecule has 1 aromatic rings. The molecule has 0 bridgehead atoms. The van der Waals surface area contributed by atoms with Gasteiger partial charge >= 0.3 is 0 Å².